The highest BCUT2D eigenvalue weighted by Crippen LogP contribution is 2.33. The second-order valence-corrected chi connectivity index (χ2v) is 8.33. The summed E-state index contributed by atoms with van der Waals surface area (Å²) in [6, 6.07) is 4.06. The monoisotopic (exact) mass is 394 g/mol. The lowest BCUT2D eigenvalue weighted by molar-refractivity contribution is -0.384. The number of sulfonamides is 1. The van der Waals surface area contributed by atoms with Gasteiger partial charge in [0.15, 0.2) is 0 Å². The lowest BCUT2D eigenvalue weighted by atomic mass is 10.3. The summed E-state index contributed by atoms with van der Waals surface area (Å²) in [4.78, 5) is 10.0. The van der Waals surface area contributed by atoms with E-state index < -0.39 is 26.5 Å². The van der Waals surface area contributed by atoms with E-state index >= 15 is 0 Å². The molecule has 0 spiro atoms. The molecule has 112 valence electrons. The van der Waals surface area contributed by atoms with Gasteiger partial charge in [-0.15, -0.1) is 11.3 Å². The fourth-order valence-electron chi connectivity index (χ4n) is 1.50. The Morgan fingerprint density at radius 3 is 2.57 bits per heavy atom. The maximum Gasteiger partial charge on any atom is 0.296 e. The summed E-state index contributed by atoms with van der Waals surface area (Å²) in [5.41, 5.74) is -0.205. The highest BCUT2D eigenvalue weighted by atomic mass is 79.9. The fraction of sp³-hybridized carbons (Fsp3) is 0.0909. The van der Waals surface area contributed by atoms with E-state index in [4.69, 9.17) is 0 Å². The first kappa shape index (κ1) is 15.9. The third kappa shape index (κ3) is 3.39. The van der Waals surface area contributed by atoms with Crippen molar-refractivity contribution in [3.05, 3.63) is 49.5 Å². The third-order valence-corrected chi connectivity index (χ3v) is 6.48. The molecule has 0 amide bonds. The largest absolute Gasteiger partial charge is 0.296 e. The van der Waals surface area contributed by atoms with Gasteiger partial charge in [0.2, 0.25) is 0 Å². The summed E-state index contributed by atoms with van der Waals surface area (Å²) < 4.78 is 40.2. The molecule has 1 aromatic carbocycles. The van der Waals surface area contributed by atoms with Crippen molar-refractivity contribution >= 4 is 48.7 Å². The standard InChI is InChI=1S/C11H8BrFN2O4S2/c1-6-4-10(20-11(6)12)21(18,19)14-8-3-2-7(13)5-9(8)15(16)17/h2-5,14H,1H3. The Morgan fingerprint density at radius 2 is 2.05 bits per heavy atom. The lowest BCUT2D eigenvalue weighted by Crippen LogP contribution is -2.12. The molecule has 0 aliphatic rings. The molecule has 6 nitrogen and oxygen atoms in total. The molecule has 2 rings (SSSR count). The van der Waals surface area contributed by atoms with Gasteiger partial charge in [0.1, 0.15) is 15.7 Å². The molecule has 1 aromatic heterocycles. The molecular formula is C11H8BrFN2O4S2. The molecule has 0 radical (unpaired) electrons. The molecule has 1 heterocycles. The Hall–Kier alpha value is -1.52. The first-order valence-electron chi connectivity index (χ1n) is 5.43. The predicted molar refractivity (Wildman–Crippen MR) is 80.6 cm³/mol. The predicted octanol–water partition coefficient (Wildman–Crippen LogP) is 3.67. The van der Waals surface area contributed by atoms with Crippen LogP contribution in [0.1, 0.15) is 5.56 Å². The Labute approximate surface area is 131 Å². The van der Waals surface area contributed by atoms with Crippen LogP contribution in [-0.4, -0.2) is 13.3 Å². The fourth-order valence-corrected chi connectivity index (χ4v) is 4.80. The number of nitro benzene ring substituents is 1. The lowest BCUT2D eigenvalue weighted by Gasteiger charge is -2.06. The number of nitro groups is 1. The average molecular weight is 395 g/mol. The van der Waals surface area contributed by atoms with Gasteiger partial charge in [0.05, 0.1) is 14.8 Å². The molecule has 0 bridgehead atoms. The molecular weight excluding hydrogens is 387 g/mol. The smallest absolute Gasteiger partial charge is 0.272 e. The van der Waals surface area contributed by atoms with E-state index in [1.54, 1.807) is 6.92 Å². The number of thiophene rings is 1. The quantitative estimate of drug-likeness (QED) is 0.632. The molecule has 0 aliphatic carbocycles. The van der Waals surface area contributed by atoms with Gasteiger partial charge >= 0.3 is 0 Å². The normalized spacial score (nSPS) is 11.4. The van der Waals surface area contributed by atoms with Crippen LogP contribution in [0.3, 0.4) is 0 Å². The number of rotatable bonds is 4. The highest BCUT2D eigenvalue weighted by Gasteiger charge is 2.23. The van der Waals surface area contributed by atoms with Crippen LogP contribution in [0.25, 0.3) is 0 Å². The number of hydrogen-bond acceptors (Lipinski definition) is 5. The third-order valence-electron chi connectivity index (χ3n) is 2.50. The topological polar surface area (TPSA) is 89.3 Å². The zero-order valence-electron chi connectivity index (χ0n) is 10.5. The summed E-state index contributed by atoms with van der Waals surface area (Å²) in [5.74, 6) is -0.820. The summed E-state index contributed by atoms with van der Waals surface area (Å²) in [7, 11) is -3.97. The summed E-state index contributed by atoms with van der Waals surface area (Å²) >= 11 is 4.19. The molecule has 10 heteroatoms. The van der Waals surface area contributed by atoms with Gasteiger partial charge < -0.3 is 0 Å². The molecule has 2 aromatic rings. The summed E-state index contributed by atoms with van der Waals surface area (Å²) in [5, 5.41) is 10.9. The second kappa shape index (κ2) is 5.70. The van der Waals surface area contributed by atoms with Gasteiger partial charge in [-0.3, -0.25) is 14.8 Å². The van der Waals surface area contributed by atoms with Crippen molar-refractivity contribution in [3.63, 3.8) is 0 Å². The van der Waals surface area contributed by atoms with E-state index in [0.29, 0.717) is 9.85 Å². The molecule has 0 unspecified atom stereocenters. The highest BCUT2D eigenvalue weighted by molar-refractivity contribution is 9.11. The van der Waals surface area contributed by atoms with E-state index in [9.17, 15) is 22.9 Å². The summed E-state index contributed by atoms with van der Waals surface area (Å²) in [6.07, 6.45) is 0. The summed E-state index contributed by atoms with van der Waals surface area (Å²) in [6.45, 7) is 1.72. The zero-order chi connectivity index (χ0) is 15.8. The van der Waals surface area contributed by atoms with Crippen LogP contribution in [-0.2, 0) is 10.0 Å². The molecule has 0 fully saturated rings. The molecule has 0 saturated carbocycles. The SMILES string of the molecule is Cc1cc(S(=O)(=O)Nc2ccc(F)cc2[N+](=O)[O-])sc1Br. The van der Waals surface area contributed by atoms with E-state index in [1.165, 1.54) is 6.07 Å². The Balaban J connectivity index is 2.44. The number of hydrogen-bond donors (Lipinski definition) is 1. The van der Waals surface area contributed by atoms with Crippen molar-refractivity contribution in [2.45, 2.75) is 11.1 Å². The van der Waals surface area contributed by atoms with Crippen molar-refractivity contribution in [1.29, 1.82) is 0 Å². The van der Waals surface area contributed by atoms with Gasteiger partial charge in [-0.1, -0.05) is 0 Å². The minimum absolute atomic E-state index is 0.00509. The van der Waals surface area contributed by atoms with E-state index in [2.05, 4.69) is 20.7 Å². The minimum atomic E-state index is -3.97. The van der Waals surface area contributed by atoms with Crippen molar-refractivity contribution < 1.29 is 17.7 Å². The molecule has 0 atom stereocenters. The molecule has 0 saturated heterocycles. The Bertz CT molecular complexity index is 800. The molecule has 21 heavy (non-hydrogen) atoms. The van der Waals surface area contributed by atoms with Crippen LogP contribution in [0.5, 0.6) is 0 Å². The van der Waals surface area contributed by atoms with Crippen molar-refractivity contribution in [3.8, 4) is 0 Å². The first-order valence-corrected chi connectivity index (χ1v) is 8.52. The minimum Gasteiger partial charge on any atom is -0.272 e. The number of nitrogens with one attached hydrogen (secondary N) is 1. The van der Waals surface area contributed by atoms with Gasteiger partial charge in [-0.2, -0.15) is 0 Å². The van der Waals surface area contributed by atoms with E-state index in [0.717, 1.165) is 29.0 Å². The maximum atomic E-state index is 13.0. The van der Waals surface area contributed by atoms with Crippen molar-refractivity contribution in [2.75, 3.05) is 4.72 Å². The number of halogens is 2. The van der Waals surface area contributed by atoms with Gasteiger partial charge in [-0.25, -0.2) is 12.8 Å². The Morgan fingerprint density at radius 1 is 1.38 bits per heavy atom. The van der Waals surface area contributed by atoms with Crippen molar-refractivity contribution in [2.24, 2.45) is 0 Å². The first-order chi connectivity index (χ1) is 9.70. The average Bonchev–Trinajstić information content (AvgIpc) is 2.72. The molecule has 1 N–H and O–H groups in total. The number of nitrogens with zero attached hydrogens (tertiary/aromatic N) is 1. The second-order valence-electron chi connectivity index (χ2n) is 4.05. The van der Waals surface area contributed by atoms with Crippen LogP contribution >= 0.6 is 27.3 Å². The zero-order valence-corrected chi connectivity index (χ0v) is 13.7. The van der Waals surface area contributed by atoms with Crippen LogP contribution in [0.15, 0.2) is 32.3 Å². The number of benzene rings is 1. The van der Waals surface area contributed by atoms with Crippen LogP contribution in [0.2, 0.25) is 0 Å². The van der Waals surface area contributed by atoms with Crippen LogP contribution < -0.4 is 4.72 Å². The number of aryl methyl sites for hydroxylation is 1. The van der Waals surface area contributed by atoms with E-state index in [1.807, 2.05) is 0 Å². The van der Waals surface area contributed by atoms with Gasteiger partial charge in [-0.05, 0) is 46.6 Å². The van der Waals surface area contributed by atoms with Gasteiger partial charge in [0.25, 0.3) is 15.7 Å². The van der Waals surface area contributed by atoms with Gasteiger partial charge in [0, 0.05) is 0 Å². The van der Waals surface area contributed by atoms with Crippen LogP contribution in [0.4, 0.5) is 15.8 Å². The number of anilines is 1. The maximum absolute atomic E-state index is 13.0. The Kier molecular flexibility index (Phi) is 4.30. The van der Waals surface area contributed by atoms with Crippen molar-refractivity contribution in [1.82, 2.24) is 0 Å². The van der Waals surface area contributed by atoms with Crippen LogP contribution in [0, 0.1) is 22.9 Å². The molecule has 0 aliphatic heterocycles. The van der Waals surface area contributed by atoms with E-state index in [-0.39, 0.29) is 9.90 Å².